The molecule has 0 saturated heterocycles. The topological polar surface area (TPSA) is 112 Å². The lowest BCUT2D eigenvalue weighted by Gasteiger charge is -2.12. The molecule has 1 heterocycles. The van der Waals surface area contributed by atoms with Crippen LogP contribution in [0.2, 0.25) is 0 Å². The van der Waals surface area contributed by atoms with Crippen molar-refractivity contribution < 1.29 is 14.3 Å². The molecule has 0 fully saturated rings. The number of hydrogen-bond donors (Lipinski definition) is 2. The number of benzene rings is 2. The van der Waals surface area contributed by atoms with Crippen molar-refractivity contribution in [2.24, 2.45) is 0 Å². The molecule has 3 aromatic rings. The Bertz CT molecular complexity index is 1030. The molecule has 0 unspecified atom stereocenters. The number of carbonyl (C=O) groups is 2. The minimum atomic E-state index is -0.461. The Morgan fingerprint density at radius 3 is 2.40 bits per heavy atom. The Labute approximate surface area is 178 Å². The lowest BCUT2D eigenvalue weighted by atomic mass is 10.1. The van der Waals surface area contributed by atoms with Crippen LogP contribution in [0.15, 0.2) is 53.7 Å². The smallest absolute Gasteiger partial charge is 0.237 e. The summed E-state index contributed by atoms with van der Waals surface area (Å²) in [4.78, 5) is 23.9. The van der Waals surface area contributed by atoms with E-state index in [9.17, 15) is 9.59 Å². The van der Waals surface area contributed by atoms with Gasteiger partial charge in [0.1, 0.15) is 5.75 Å². The third-order valence-electron chi connectivity index (χ3n) is 4.30. The fourth-order valence-corrected chi connectivity index (χ4v) is 3.44. The lowest BCUT2D eigenvalue weighted by Crippen LogP contribution is -2.23. The zero-order valence-corrected chi connectivity index (χ0v) is 17.8. The van der Waals surface area contributed by atoms with Crippen LogP contribution in [0.5, 0.6) is 5.75 Å². The van der Waals surface area contributed by atoms with Crippen LogP contribution in [-0.2, 0) is 4.79 Å². The summed E-state index contributed by atoms with van der Waals surface area (Å²) in [6.07, 6.45) is 0. The molecule has 0 aliphatic heterocycles. The highest BCUT2D eigenvalue weighted by molar-refractivity contribution is 8.00. The predicted molar refractivity (Wildman–Crippen MR) is 117 cm³/mol. The van der Waals surface area contributed by atoms with Crippen molar-refractivity contribution in [3.63, 3.8) is 0 Å². The number of ketones is 1. The number of carbonyl (C=O) groups excluding carboxylic acids is 2. The maximum Gasteiger partial charge on any atom is 0.237 e. The summed E-state index contributed by atoms with van der Waals surface area (Å²) in [6.45, 7) is 5.77. The summed E-state index contributed by atoms with van der Waals surface area (Å²) < 4.78 is 6.81. The molecule has 3 rings (SSSR count). The van der Waals surface area contributed by atoms with E-state index in [0.717, 1.165) is 11.3 Å². The third kappa shape index (κ3) is 4.98. The highest BCUT2D eigenvalue weighted by Crippen LogP contribution is 2.26. The van der Waals surface area contributed by atoms with E-state index in [2.05, 4.69) is 15.5 Å². The molecule has 0 bridgehead atoms. The quantitative estimate of drug-likeness (QED) is 0.323. The van der Waals surface area contributed by atoms with Crippen LogP contribution in [0.25, 0.3) is 11.4 Å². The number of nitrogens with two attached hydrogens (primary N) is 1. The first-order valence-corrected chi connectivity index (χ1v) is 10.3. The van der Waals surface area contributed by atoms with Gasteiger partial charge in [-0.25, -0.2) is 4.68 Å². The standard InChI is InChI=1S/C21H23N5O3S/c1-4-29-18-11-7-16(8-12-18)19-24-25-21(26(19)22)30-14(3)20(28)23-17-9-5-15(6-10-17)13(2)27/h5-12,14H,4,22H2,1-3H3,(H,23,28)/t14-/m1/s1. The summed E-state index contributed by atoms with van der Waals surface area (Å²) >= 11 is 1.21. The van der Waals surface area contributed by atoms with Crippen molar-refractivity contribution in [2.45, 2.75) is 31.2 Å². The first kappa shape index (κ1) is 21.4. The summed E-state index contributed by atoms with van der Waals surface area (Å²) in [7, 11) is 0. The Kier molecular flexibility index (Phi) is 6.73. The van der Waals surface area contributed by atoms with Crippen molar-refractivity contribution in [3.8, 4) is 17.1 Å². The van der Waals surface area contributed by atoms with E-state index >= 15 is 0 Å². The molecule has 0 aliphatic rings. The van der Waals surface area contributed by atoms with E-state index in [1.54, 1.807) is 31.2 Å². The molecule has 8 nitrogen and oxygen atoms in total. The Morgan fingerprint density at radius 1 is 1.13 bits per heavy atom. The van der Waals surface area contributed by atoms with Crippen LogP contribution in [0.1, 0.15) is 31.1 Å². The fraction of sp³-hybridized carbons (Fsp3) is 0.238. The number of ether oxygens (including phenoxy) is 1. The first-order valence-electron chi connectivity index (χ1n) is 9.41. The summed E-state index contributed by atoms with van der Waals surface area (Å²) in [5, 5.41) is 11.0. The van der Waals surface area contributed by atoms with Crippen LogP contribution in [-0.4, -0.2) is 38.4 Å². The molecule has 30 heavy (non-hydrogen) atoms. The Hall–Kier alpha value is -3.33. The van der Waals surface area contributed by atoms with Gasteiger partial charge in [-0.1, -0.05) is 11.8 Å². The summed E-state index contributed by atoms with van der Waals surface area (Å²) in [5.41, 5.74) is 2.00. The molecule has 1 atom stereocenters. The van der Waals surface area contributed by atoms with E-state index < -0.39 is 5.25 Å². The number of hydrogen-bond acceptors (Lipinski definition) is 7. The van der Waals surface area contributed by atoms with Gasteiger partial charge in [0.2, 0.25) is 11.1 Å². The largest absolute Gasteiger partial charge is 0.494 e. The van der Waals surface area contributed by atoms with Gasteiger partial charge >= 0.3 is 0 Å². The molecule has 3 N–H and O–H groups in total. The van der Waals surface area contributed by atoms with Crippen molar-refractivity contribution >= 4 is 29.1 Å². The molecule has 0 aliphatic carbocycles. The molecule has 1 amide bonds. The number of nitrogens with one attached hydrogen (secondary N) is 1. The average molecular weight is 426 g/mol. The number of nitrogens with zero attached hydrogens (tertiary/aromatic N) is 3. The zero-order chi connectivity index (χ0) is 21.7. The minimum absolute atomic E-state index is 0.0255. The van der Waals surface area contributed by atoms with Crippen LogP contribution in [0, 0.1) is 0 Å². The Balaban J connectivity index is 1.65. The van der Waals surface area contributed by atoms with Gasteiger partial charge in [0, 0.05) is 16.8 Å². The highest BCUT2D eigenvalue weighted by Gasteiger charge is 2.20. The van der Waals surface area contributed by atoms with Crippen molar-refractivity contribution in [3.05, 3.63) is 54.1 Å². The van der Waals surface area contributed by atoms with Gasteiger partial charge in [-0.15, -0.1) is 10.2 Å². The molecular formula is C21H23N5O3S. The van der Waals surface area contributed by atoms with Gasteiger partial charge in [-0.05, 0) is 69.3 Å². The van der Waals surface area contributed by atoms with E-state index in [0.29, 0.717) is 28.8 Å². The normalized spacial score (nSPS) is 11.7. The number of aromatic nitrogens is 3. The van der Waals surface area contributed by atoms with E-state index in [1.165, 1.54) is 23.4 Å². The Morgan fingerprint density at radius 2 is 1.80 bits per heavy atom. The van der Waals surface area contributed by atoms with Crippen LogP contribution >= 0.6 is 11.8 Å². The molecule has 2 aromatic carbocycles. The molecule has 156 valence electrons. The van der Waals surface area contributed by atoms with Gasteiger partial charge < -0.3 is 15.9 Å². The number of thioether (sulfide) groups is 1. The van der Waals surface area contributed by atoms with Gasteiger partial charge in [0.05, 0.1) is 11.9 Å². The van der Waals surface area contributed by atoms with Gasteiger partial charge in [-0.2, -0.15) is 0 Å². The maximum atomic E-state index is 12.5. The monoisotopic (exact) mass is 425 g/mol. The number of anilines is 1. The first-order chi connectivity index (χ1) is 14.4. The second-order valence-electron chi connectivity index (χ2n) is 6.52. The van der Waals surface area contributed by atoms with E-state index in [1.807, 2.05) is 31.2 Å². The second-order valence-corrected chi connectivity index (χ2v) is 7.82. The maximum absolute atomic E-state index is 12.5. The molecule has 0 saturated carbocycles. The molecule has 0 spiro atoms. The van der Waals surface area contributed by atoms with Gasteiger partial charge in [0.25, 0.3) is 0 Å². The third-order valence-corrected chi connectivity index (χ3v) is 5.36. The SMILES string of the molecule is CCOc1ccc(-c2nnc(S[C@H](C)C(=O)Nc3ccc(C(C)=O)cc3)n2N)cc1. The molecule has 1 aromatic heterocycles. The lowest BCUT2D eigenvalue weighted by molar-refractivity contribution is -0.115. The van der Waals surface area contributed by atoms with Crippen LogP contribution in [0.4, 0.5) is 5.69 Å². The van der Waals surface area contributed by atoms with Gasteiger partial charge in [-0.3, -0.25) is 9.59 Å². The molecular weight excluding hydrogens is 402 g/mol. The number of amides is 1. The molecule has 0 radical (unpaired) electrons. The van der Waals surface area contributed by atoms with E-state index in [4.69, 9.17) is 10.6 Å². The highest BCUT2D eigenvalue weighted by atomic mass is 32.2. The van der Waals surface area contributed by atoms with Crippen molar-refractivity contribution in [1.82, 2.24) is 14.9 Å². The fourth-order valence-electron chi connectivity index (χ4n) is 2.66. The molecule has 9 heteroatoms. The van der Waals surface area contributed by atoms with Crippen LogP contribution < -0.4 is 15.9 Å². The van der Waals surface area contributed by atoms with Crippen molar-refractivity contribution in [1.29, 1.82) is 0 Å². The van der Waals surface area contributed by atoms with Crippen molar-refractivity contribution in [2.75, 3.05) is 17.8 Å². The number of Topliss-reactive ketones (excluding diaryl/α,β-unsaturated/α-hetero) is 1. The zero-order valence-electron chi connectivity index (χ0n) is 17.0. The van der Waals surface area contributed by atoms with Crippen LogP contribution in [0.3, 0.4) is 0 Å². The summed E-state index contributed by atoms with van der Waals surface area (Å²) in [6, 6.07) is 14.1. The van der Waals surface area contributed by atoms with Gasteiger partial charge in [0.15, 0.2) is 11.6 Å². The van der Waals surface area contributed by atoms with E-state index in [-0.39, 0.29) is 11.7 Å². The summed E-state index contributed by atoms with van der Waals surface area (Å²) in [5.74, 6) is 7.18. The minimum Gasteiger partial charge on any atom is -0.494 e. The predicted octanol–water partition coefficient (Wildman–Crippen LogP) is 3.38. The number of rotatable bonds is 8. The average Bonchev–Trinajstić information content (AvgIpc) is 3.09. The number of nitrogen functional groups attached to an aromatic ring is 1. The second kappa shape index (κ2) is 9.45.